The second-order valence-electron chi connectivity index (χ2n) is 4.94. The molecule has 0 aliphatic rings. The van der Waals surface area contributed by atoms with Gasteiger partial charge >= 0.3 is 6.03 Å². The molecular formula is C15H23N3O2. The molecule has 0 saturated heterocycles. The lowest BCUT2D eigenvalue weighted by atomic mass is 10.1. The van der Waals surface area contributed by atoms with Crippen LogP contribution in [0.25, 0.3) is 0 Å². The second-order valence-corrected chi connectivity index (χ2v) is 4.94. The van der Waals surface area contributed by atoms with Gasteiger partial charge in [-0.05, 0) is 31.5 Å². The lowest BCUT2D eigenvalue weighted by molar-refractivity contribution is 0.100. The summed E-state index contributed by atoms with van der Waals surface area (Å²) in [6.07, 6.45) is 4.41. The monoisotopic (exact) mass is 277 g/mol. The van der Waals surface area contributed by atoms with Crippen molar-refractivity contribution in [1.29, 1.82) is 0 Å². The van der Waals surface area contributed by atoms with E-state index in [-0.39, 0.29) is 12.1 Å². The number of primary amides is 1. The Labute approximate surface area is 119 Å². The molecule has 0 radical (unpaired) electrons. The molecule has 5 nitrogen and oxygen atoms in total. The Kier molecular flexibility index (Phi) is 6.56. The Morgan fingerprint density at radius 2 is 2.05 bits per heavy atom. The average Bonchev–Trinajstić information content (AvgIpc) is 2.39. The summed E-state index contributed by atoms with van der Waals surface area (Å²) in [5.41, 5.74) is 6.12. The number of carbonyl (C=O) groups is 2. The quantitative estimate of drug-likeness (QED) is 0.669. The van der Waals surface area contributed by atoms with Crippen LogP contribution >= 0.6 is 0 Å². The fourth-order valence-electron chi connectivity index (χ4n) is 1.91. The summed E-state index contributed by atoms with van der Waals surface area (Å²) in [6, 6.07) is 6.42. The van der Waals surface area contributed by atoms with Gasteiger partial charge in [-0.3, -0.25) is 4.79 Å². The van der Waals surface area contributed by atoms with E-state index < -0.39 is 5.91 Å². The Morgan fingerprint density at radius 1 is 1.30 bits per heavy atom. The van der Waals surface area contributed by atoms with Crippen molar-refractivity contribution in [3.05, 3.63) is 29.8 Å². The number of benzene rings is 1. The van der Waals surface area contributed by atoms with Crippen LogP contribution in [0.5, 0.6) is 0 Å². The molecule has 0 saturated carbocycles. The van der Waals surface area contributed by atoms with Crippen molar-refractivity contribution in [2.24, 2.45) is 5.73 Å². The van der Waals surface area contributed by atoms with E-state index in [1.54, 1.807) is 24.3 Å². The zero-order valence-corrected chi connectivity index (χ0v) is 12.1. The molecule has 0 aliphatic carbocycles. The van der Waals surface area contributed by atoms with Crippen molar-refractivity contribution < 1.29 is 9.59 Å². The van der Waals surface area contributed by atoms with Gasteiger partial charge in [0.1, 0.15) is 0 Å². The maximum Gasteiger partial charge on any atom is 0.319 e. The summed E-state index contributed by atoms with van der Waals surface area (Å²) >= 11 is 0. The molecule has 1 aromatic carbocycles. The van der Waals surface area contributed by atoms with Crippen LogP contribution in [0.4, 0.5) is 10.5 Å². The van der Waals surface area contributed by atoms with Crippen LogP contribution < -0.4 is 16.4 Å². The molecule has 0 aliphatic heterocycles. The lowest BCUT2D eigenvalue weighted by Gasteiger charge is -2.14. The molecular weight excluding hydrogens is 254 g/mol. The van der Waals surface area contributed by atoms with Gasteiger partial charge in [0.2, 0.25) is 5.91 Å². The Morgan fingerprint density at radius 3 is 2.70 bits per heavy atom. The molecule has 110 valence electrons. The van der Waals surface area contributed by atoms with Gasteiger partial charge in [0.05, 0.1) is 0 Å². The molecule has 3 amide bonds. The minimum absolute atomic E-state index is 0.126. The first-order valence-corrected chi connectivity index (χ1v) is 7.00. The topological polar surface area (TPSA) is 84.2 Å². The number of rotatable bonds is 7. The molecule has 1 atom stereocenters. The van der Waals surface area contributed by atoms with Crippen LogP contribution in [-0.2, 0) is 0 Å². The van der Waals surface area contributed by atoms with Crippen LogP contribution in [0.15, 0.2) is 24.3 Å². The zero-order valence-electron chi connectivity index (χ0n) is 12.1. The predicted molar refractivity (Wildman–Crippen MR) is 80.7 cm³/mol. The van der Waals surface area contributed by atoms with Crippen LogP contribution in [-0.4, -0.2) is 18.0 Å². The molecule has 4 N–H and O–H groups in total. The highest BCUT2D eigenvalue weighted by Crippen LogP contribution is 2.10. The molecule has 0 fully saturated rings. The van der Waals surface area contributed by atoms with Crippen molar-refractivity contribution in [3.8, 4) is 0 Å². The molecule has 1 unspecified atom stereocenters. The summed E-state index contributed by atoms with van der Waals surface area (Å²) in [5, 5.41) is 5.57. The number of urea groups is 1. The molecule has 0 heterocycles. The van der Waals surface area contributed by atoms with Crippen molar-refractivity contribution in [2.75, 3.05) is 5.32 Å². The summed E-state index contributed by atoms with van der Waals surface area (Å²) < 4.78 is 0. The Hall–Kier alpha value is -2.04. The van der Waals surface area contributed by atoms with E-state index in [1.807, 2.05) is 6.92 Å². The molecule has 1 aromatic rings. The van der Waals surface area contributed by atoms with Crippen molar-refractivity contribution in [3.63, 3.8) is 0 Å². The van der Waals surface area contributed by atoms with Crippen molar-refractivity contribution in [2.45, 2.75) is 45.6 Å². The maximum absolute atomic E-state index is 11.8. The number of amides is 3. The van der Waals surface area contributed by atoms with E-state index in [0.29, 0.717) is 11.3 Å². The van der Waals surface area contributed by atoms with Gasteiger partial charge in [-0.25, -0.2) is 4.79 Å². The lowest BCUT2D eigenvalue weighted by Crippen LogP contribution is -2.36. The largest absolute Gasteiger partial charge is 0.366 e. The number of nitrogens with two attached hydrogens (primary N) is 1. The number of anilines is 1. The average molecular weight is 277 g/mol. The molecule has 20 heavy (non-hydrogen) atoms. The number of unbranched alkanes of at least 4 members (excludes halogenated alkanes) is 2. The number of carbonyl (C=O) groups excluding carboxylic acids is 2. The third-order valence-corrected chi connectivity index (χ3v) is 3.02. The number of hydrogen-bond acceptors (Lipinski definition) is 2. The standard InChI is InChI=1S/C15H23N3O2/c1-3-4-5-7-11(2)17-15(20)18-13-9-6-8-12(10-13)14(16)19/h6,8-11H,3-5,7H2,1-2H3,(H2,16,19)(H2,17,18,20). The highest BCUT2D eigenvalue weighted by molar-refractivity contribution is 5.95. The smallest absolute Gasteiger partial charge is 0.319 e. The molecule has 0 spiro atoms. The van der Waals surface area contributed by atoms with E-state index in [9.17, 15) is 9.59 Å². The van der Waals surface area contributed by atoms with Gasteiger partial charge in [-0.1, -0.05) is 32.3 Å². The molecule has 1 rings (SSSR count). The number of hydrogen-bond donors (Lipinski definition) is 3. The van der Waals surface area contributed by atoms with Crippen LogP contribution in [0.1, 0.15) is 49.9 Å². The van der Waals surface area contributed by atoms with Gasteiger partial charge in [0, 0.05) is 17.3 Å². The first kappa shape index (κ1) is 16.0. The molecule has 5 heteroatoms. The third kappa shape index (κ3) is 5.73. The van der Waals surface area contributed by atoms with Crippen molar-refractivity contribution in [1.82, 2.24) is 5.32 Å². The minimum Gasteiger partial charge on any atom is -0.366 e. The summed E-state index contributed by atoms with van der Waals surface area (Å²) in [4.78, 5) is 22.9. The molecule has 0 bridgehead atoms. The van der Waals surface area contributed by atoms with E-state index in [1.165, 1.54) is 12.8 Å². The first-order valence-electron chi connectivity index (χ1n) is 7.00. The van der Waals surface area contributed by atoms with Crippen LogP contribution in [0.2, 0.25) is 0 Å². The van der Waals surface area contributed by atoms with Crippen LogP contribution in [0.3, 0.4) is 0 Å². The molecule has 0 aromatic heterocycles. The predicted octanol–water partition coefficient (Wildman–Crippen LogP) is 2.88. The Bertz CT molecular complexity index is 460. The van der Waals surface area contributed by atoms with E-state index >= 15 is 0 Å². The van der Waals surface area contributed by atoms with E-state index in [0.717, 1.165) is 12.8 Å². The van der Waals surface area contributed by atoms with E-state index in [2.05, 4.69) is 17.6 Å². The minimum atomic E-state index is -0.512. The third-order valence-electron chi connectivity index (χ3n) is 3.02. The fourth-order valence-corrected chi connectivity index (χ4v) is 1.91. The van der Waals surface area contributed by atoms with Gasteiger partial charge in [0.15, 0.2) is 0 Å². The summed E-state index contributed by atoms with van der Waals surface area (Å²) in [7, 11) is 0. The number of nitrogens with one attached hydrogen (secondary N) is 2. The van der Waals surface area contributed by atoms with Gasteiger partial charge in [-0.2, -0.15) is 0 Å². The fraction of sp³-hybridized carbons (Fsp3) is 0.467. The highest BCUT2D eigenvalue weighted by atomic mass is 16.2. The van der Waals surface area contributed by atoms with E-state index in [4.69, 9.17) is 5.73 Å². The first-order chi connectivity index (χ1) is 9.52. The summed E-state index contributed by atoms with van der Waals surface area (Å²) in [5.74, 6) is -0.512. The SMILES string of the molecule is CCCCCC(C)NC(=O)Nc1cccc(C(N)=O)c1. The van der Waals surface area contributed by atoms with Gasteiger partial charge in [-0.15, -0.1) is 0 Å². The Balaban J connectivity index is 2.45. The van der Waals surface area contributed by atoms with Crippen molar-refractivity contribution >= 4 is 17.6 Å². The second kappa shape index (κ2) is 8.19. The maximum atomic E-state index is 11.8. The zero-order chi connectivity index (χ0) is 15.0. The summed E-state index contributed by atoms with van der Waals surface area (Å²) in [6.45, 7) is 4.13. The van der Waals surface area contributed by atoms with Crippen LogP contribution in [0, 0.1) is 0 Å². The highest BCUT2D eigenvalue weighted by Gasteiger charge is 2.08. The van der Waals surface area contributed by atoms with Gasteiger partial charge < -0.3 is 16.4 Å². The normalized spacial score (nSPS) is 11.7. The van der Waals surface area contributed by atoms with Gasteiger partial charge in [0.25, 0.3) is 0 Å².